The monoisotopic (exact) mass is 376 g/mol. The molecule has 2 fully saturated rings. The minimum Gasteiger partial charge on any atom is -0.333 e. The number of hydrogen-bond acceptors (Lipinski definition) is 3. The van der Waals surface area contributed by atoms with Crippen LogP contribution in [0.3, 0.4) is 0 Å². The Balaban J connectivity index is 1.32. The van der Waals surface area contributed by atoms with E-state index in [1.165, 1.54) is 17.7 Å². The van der Waals surface area contributed by atoms with Gasteiger partial charge in [-0.3, -0.25) is 14.8 Å². The van der Waals surface area contributed by atoms with E-state index in [0.29, 0.717) is 22.9 Å². The first-order valence-corrected chi connectivity index (χ1v) is 9.57. The van der Waals surface area contributed by atoms with Gasteiger partial charge in [0.05, 0.1) is 17.5 Å². The van der Waals surface area contributed by atoms with Gasteiger partial charge in [0, 0.05) is 37.3 Å². The fourth-order valence-electron chi connectivity index (χ4n) is 4.48. The van der Waals surface area contributed by atoms with E-state index < -0.39 is 0 Å². The van der Waals surface area contributed by atoms with Crippen LogP contribution in [0.4, 0.5) is 4.39 Å². The summed E-state index contributed by atoms with van der Waals surface area (Å²) in [5.74, 6) is -0.359. The molecule has 2 aliphatic rings. The predicted octanol–water partition coefficient (Wildman–Crippen LogP) is 3.31. The van der Waals surface area contributed by atoms with Crippen molar-refractivity contribution in [2.75, 3.05) is 13.1 Å². The maximum Gasteiger partial charge on any atom is 0.258 e. The Bertz CT molecular complexity index is 1000. The quantitative estimate of drug-likeness (QED) is 0.760. The standard InChI is InChI=1S/C22H21FN4O/c23-17-8-4-7-16(9-17)21-20(11-24-25-21)22(28)27-14-18-10-19(27)13-26(18)12-15-5-2-1-3-6-15/h1-9,11,18-19H,10,12-14H2,(H,24,25)/t18-,19-/m0/s1. The molecular formula is C22H21FN4O. The topological polar surface area (TPSA) is 52.2 Å². The maximum absolute atomic E-state index is 13.6. The second kappa shape index (κ2) is 6.87. The summed E-state index contributed by atoms with van der Waals surface area (Å²) < 4.78 is 13.6. The minimum atomic E-state index is -0.331. The molecule has 6 heteroatoms. The molecule has 28 heavy (non-hydrogen) atoms. The summed E-state index contributed by atoms with van der Waals surface area (Å²) in [5, 5.41) is 6.91. The number of nitrogens with one attached hydrogen (secondary N) is 1. The van der Waals surface area contributed by atoms with E-state index >= 15 is 0 Å². The first-order chi connectivity index (χ1) is 13.7. The molecule has 3 heterocycles. The molecule has 2 atom stereocenters. The molecule has 1 amide bonds. The summed E-state index contributed by atoms with van der Waals surface area (Å²) in [6, 6.07) is 17.3. The number of piperazine rings is 1. The largest absolute Gasteiger partial charge is 0.333 e. The zero-order valence-corrected chi connectivity index (χ0v) is 15.4. The second-order valence-electron chi connectivity index (χ2n) is 7.58. The van der Waals surface area contributed by atoms with Gasteiger partial charge in [-0.25, -0.2) is 4.39 Å². The average molecular weight is 376 g/mol. The normalized spacial score (nSPS) is 21.4. The first kappa shape index (κ1) is 17.1. The van der Waals surface area contributed by atoms with Crippen LogP contribution in [0, 0.1) is 5.82 Å². The number of benzene rings is 2. The van der Waals surface area contributed by atoms with Gasteiger partial charge in [-0.15, -0.1) is 0 Å². The third kappa shape index (κ3) is 2.99. The van der Waals surface area contributed by atoms with Crippen LogP contribution in [0.2, 0.25) is 0 Å². The van der Waals surface area contributed by atoms with Crippen LogP contribution in [0.5, 0.6) is 0 Å². The molecule has 2 bridgehead atoms. The SMILES string of the molecule is O=C(c1cn[nH]c1-c1cccc(F)c1)N1C[C@@H]2C[C@H]1CN2Cc1ccccc1. The molecule has 5 nitrogen and oxygen atoms in total. The van der Waals surface area contributed by atoms with Crippen molar-refractivity contribution in [2.45, 2.75) is 25.0 Å². The van der Waals surface area contributed by atoms with E-state index in [-0.39, 0.29) is 17.8 Å². The van der Waals surface area contributed by atoms with Crippen molar-refractivity contribution in [2.24, 2.45) is 0 Å². The summed E-state index contributed by atoms with van der Waals surface area (Å²) >= 11 is 0. The molecule has 2 saturated heterocycles. The van der Waals surface area contributed by atoms with Gasteiger partial charge < -0.3 is 4.90 Å². The van der Waals surface area contributed by atoms with Gasteiger partial charge in [0.1, 0.15) is 5.82 Å². The molecule has 5 rings (SSSR count). The molecule has 2 aromatic carbocycles. The lowest BCUT2D eigenvalue weighted by Gasteiger charge is -2.34. The number of H-pyrrole nitrogens is 1. The number of amides is 1. The Labute approximate surface area is 162 Å². The van der Waals surface area contributed by atoms with Crippen molar-refractivity contribution < 1.29 is 9.18 Å². The van der Waals surface area contributed by atoms with E-state index in [0.717, 1.165) is 26.1 Å². The van der Waals surface area contributed by atoms with E-state index in [2.05, 4.69) is 39.4 Å². The highest BCUT2D eigenvalue weighted by molar-refractivity contribution is 6.00. The van der Waals surface area contributed by atoms with E-state index in [1.54, 1.807) is 18.3 Å². The molecule has 1 aromatic heterocycles. The lowest BCUT2D eigenvalue weighted by atomic mass is 10.1. The van der Waals surface area contributed by atoms with Crippen LogP contribution in [-0.4, -0.2) is 51.1 Å². The Morgan fingerprint density at radius 1 is 1.11 bits per heavy atom. The predicted molar refractivity (Wildman–Crippen MR) is 104 cm³/mol. The highest BCUT2D eigenvalue weighted by Gasteiger charge is 2.45. The Hall–Kier alpha value is -2.99. The van der Waals surface area contributed by atoms with Crippen molar-refractivity contribution in [1.82, 2.24) is 20.0 Å². The van der Waals surface area contributed by atoms with Gasteiger partial charge in [-0.05, 0) is 24.1 Å². The van der Waals surface area contributed by atoms with Crippen LogP contribution in [-0.2, 0) is 6.54 Å². The van der Waals surface area contributed by atoms with E-state index in [4.69, 9.17) is 0 Å². The zero-order valence-electron chi connectivity index (χ0n) is 15.4. The van der Waals surface area contributed by atoms with Gasteiger partial charge in [-0.2, -0.15) is 5.10 Å². The molecule has 0 unspecified atom stereocenters. The number of nitrogens with zero attached hydrogens (tertiary/aromatic N) is 3. The number of aromatic amines is 1. The molecule has 142 valence electrons. The molecule has 1 N–H and O–H groups in total. The van der Waals surface area contributed by atoms with Gasteiger partial charge in [0.25, 0.3) is 5.91 Å². The van der Waals surface area contributed by atoms with Gasteiger partial charge in [0.15, 0.2) is 0 Å². The summed E-state index contributed by atoms with van der Waals surface area (Å²) in [5.41, 5.74) is 3.02. The van der Waals surface area contributed by atoms with Crippen molar-refractivity contribution in [1.29, 1.82) is 0 Å². The molecular weight excluding hydrogens is 355 g/mol. The highest BCUT2D eigenvalue weighted by atomic mass is 19.1. The molecule has 0 saturated carbocycles. The summed E-state index contributed by atoms with van der Waals surface area (Å²) in [4.78, 5) is 17.6. The smallest absolute Gasteiger partial charge is 0.258 e. The van der Waals surface area contributed by atoms with E-state index in [1.807, 2.05) is 11.0 Å². The number of carbonyl (C=O) groups excluding carboxylic acids is 1. The Morgan fingerprint density at radius 3 is 2.71 bits per heavy atom. The van der Waals surface area contributed by atoms with Crippen LogP contribution in [0.15, 0.2) is 60.8 Å². The number of hydrogen-bond donors (Lipinski definition) is 1. The lowest BCUT2D eigenvalue weighted by Crippen LogP contribution is -2.48. The number of likely N-dealkylation sites (tertiary alicyclic amines) is 2. The number of aromatic nitrogens is 2. The van der Waals surface area contributed by atoms with Crippen molar-refractivity contribution in [3.05, 3.63) is 77.7 Å². The molecule has 0 spiro atoms. The first-order valence-electron chi connectivity index (χ1n) is 9.57. The molecule has 0 radical (unpaired) electrons. The minimum absolute atomic E-state index is 0.0279. The van der Waals surface area contributed by atoms with Crippen LogP contribution >= 0.6 is 0 Å². The molecule has 2 aliphatic heterocycles. The third-order valence-electron chi connectivity index (χ3n) is 5.83. The number of carbonyl (C=O) groups is 1. The van der Waals surface area contributed by atoms with Crippen molar-refractivity contribution in [3.63, 3.8) is 0 Å². The van der Waals surface area contributed by atoms with E-state index in [9.17, 15) is 9.18 Å². The summed E-state index contributed by atoms with van der Waals surface area (Å²) in [6.45, 7) is 2.53. The maximum atomic E-state index is 13.6. The number of fused-ring (bicyclic) bond motifs is 2. The lowest BCUT2D eigenvalue weighted by molar-refractivity contribution is 0.0617. The highest BCUT2D eigenvalue weighted by Crippen LogP contribution is 2.34. The fourth-order valence-corrected chi connectivity index (χ4v) is 4.48. The van der Waals surface area contributed by atoms with Gasteiger partial charge >= 0.3 is 0 Å². The Morgan fingerprint density at radius 2 is 1.96 bits per heavy atom. The molecule has 0 aliphatic carbocycles. The Kier molecular flexibility index (Phi) is 4.20. The summed E-state index contributed by atoms with van der Waals surface area (Å²) in [6.07, 6.45) is 2.56. The number of rotatable bonds is 4. The number of halogens is 1. The van der Waals surface area contributed by atoms with Crippen LogP contribution in [0.1, 0.15) is 22.3 Å². The van der Waals surface area contributed by atoms with Gasteiger partial charge in [-0.1, -0.05) is 42.5 Å². The zero-order chi connectivity index (χ0) is 19.1. The van der Waals surface area contributed by atoms with Crippen molar-refractivity contribution in [3.8, 4) is 11.3 Å². The summed E-state index contributed by atoms with van der Waals surface area (Å²) in [7, 11) is 0. The van der Waals surface area contributed by atoms with Crippen molar-refractivity contribution >= 4 is 5.91 Å². The average Bonchev–Trinajstić information content (AvgIpc) is 3.44. The molecule has 3 aromatic rings. The third-order valence-corrected chi connectivity index (χ3v) is 5.83. The van der Waals surface area contributed by atoms with Crippen LogP contribution < -0.4 is 0 Å². The fraction of sp³-hybridized carbons (Fsp3) is 0.273. The second-order valence-corrected chi connectivity index (χ2v) is 7.58. The van der Waals surface area contributed by atoms with Gasteiger partial charge in [0.2, 0.25) is 0 Å². The van der Waals surface area contributed by atoms with Crippen LogP contribution in [0.25, 0.3) is 11.3 Å².